The van der Waals surface area contributed by atoms with E-state index >= 15 is 4.39 Å². The second-order valence-corrected chi connectivity index (χ2v) is 8.59. The van der Waals surface area contributed by atoms with Gasteiger partial charge in [0.05, 0.1) is 26.7 Å². The van der Waals surface area contributed by atoms with Crippen LogP contribution in [0, 0.1) is 23.3 Å². The van der Waals surface area contributed by atoms with Crippen LogP contribution < -0.4 is 10.0 Å². The van der Waals surface area contributed by atoms with Crippen LogP contribution in [-0.2, 0) is 11.0 Å². The van der Waals surface area contributed by atoms with Crippen molar-refractivity contribution < 1.29 is 21.8 Å². The molecule has 0 aliphatic rings. The zero-order valence-corrected chi connectivity index (χ0v) is 18.0. The van der Waals surface area contributed by atoms with Crippen LogP contribution in [0.15, 0.2) is 59.8 Å². The fourth-order valence-corrected chi connectivity index (χ4v) is 4.78. The molecule has 0 spiro atoms. The summed E-state index contributed by atoms with van der Waals surface area (Å²) in [5, 5.41) is 3.28. The third-order valence-corrected chi connectivity index (χ3v) is 6.65. The summed E-state index contributed by atoms with van der Waals surface area (Å²) in [6, 6.07) is 7.78. The quantitative estimate of drug-likeness (QED) is 0.354. The van der Waals surface area contributed by atoms with Gasteiger partial charge >= 0.3 is 0 Å². The second-order valence-electron chi connectivity index (χ2n) is 6.41. The number of aromatic nitrogens is 2. The zero-order valence-electron chi connectivity index (χ0n) is 16.3. The molecule has 0 bridgehead atoms. The Balaban J connectivity index is 1.80. The number of thiazole rings is 1. The van der Waals surface area contributed by atoms with E-state index in [4.69, 9.17) is 0 Å². The second kappa shape index (κ2) is 9.05. The summed E-state index contributed by atoms with van der Waals surface area (Å²) in [6.45, 7) is 0. The molecule has 2 aromatic carbocycles. The Kier molecular flexibility index (Phi) is 6.19. The Morgan fingerprint density at radius 3 is 2.41 bits per heavy atom. The van der Waals surface area contributed by atoms with Gasteiger partial charge in [-0.3, -0.25) is 9.71 Å². The normalized spacial score (nSPS) is 11.9. The van der Waals surface area contributed by atoms with Crippen molar-refractivity contribution in [3.8, 4) is 21.7 Å². The molecule has 4 rings (SSSR count). The molecule has 4 aromatic rings. The number of hydrogen-bond donors (Lipinski definition) is 2. The third-order valence-electron chi connectivity index (χ3n) is 4.41. The zero-order chi connectivity index (χ0) is 22.8. The highest BCUT2D eigenvalue weighted by Crippen LogP contribution is 2.42. The summed E-state index contributed by atoms with van der Waals surface area (Å²) in [5.74, 6) is -3.70. The monoisotopic (exact) mass is 478 g/mol. The fourth-order valence-electron chi connectivity index (χ4n) is 2.92. The molecule has 0 saturated heterocycles. The van der Waals surface area contributed by atoms with E-state index in [0.717, 1.165) is 30.3 Å². The van der Waals surface area contributed by atoms with Crippen molar-refractivity contribution in [3.05, 3.63) is 78.1 Å². The predicted molar refractivity (Wildman–Crippen MR) is 117 cm³/mol. The molecule has 2 aromatic heterocycles. The number of benzene rings is 2. The SMILES string of the molecule is CNc1nc(-c2c(F)ccc(NS(=O)c3cc(F)ccc3F)c2F)c(-c2ccncc2)s1. The standard InChI is InChI=1S/C21H14F4N4OS2/c1-26-21-28-19(20(31-21)11-6-8-27-9-7-11)17-14(24)4-5-15(18(17)25)29-32(30)16-10-12(22)2-3-13(16)23/h2-10,29H,1H3,(H,26,28). The van der Waals surface area contributed by atoms with Crippen LogP contribution in [0.3, 0.4) is 0 Å². The lowest BCUT2D eigenvalue weighted by molar-refractivity contribution is 0.572. The van der Waals surface area contributed by atoms with Gasteiger partial charge in [0.1, 0.15) is 17.5 Å². The summed E-state index contributed by atoms with van der Waals surface area (Å²) >= 11 is 1.19. The molecule has 2 N–H and O–H groups in total. The lowest BCUT2D eigenvalue weighted by atomic mass is 10.1. The number of anilines is 2. The van der Waals surface area contributed by atoms with Gasteiger partial charge in [-0.05, 0) is 48.0 Å². The van der Waals surface area contributed by atoms with Gasteiger partial charge in [0.2, 0.25) is 0 Å². The van der Waals surface area contributed by atoms with E-state index in [1.165, 1.54) is 11.3 Å². The smallest absolute Gasteiger partial charge is 0.183 e. The van der Waals surface area contributed by atoms with Gasteiger partial charge in [-0.1, -0.05) is 11.3 Å². The molecular formula is C21H14F4N4OS2. The summed E-state index contributed by atoms with van der Waals surface area (Å²) in [5.41, 5.74) is -0.122. The third kappa shape index (κ3) is 4.21. The number of halogens is 4. The summed E-state index contributed by atoms with van der Waals surface area (Å²) in [7, 11) is -0.716. The molecule has 0 amide bonds. The minimum atomic E-state index is -2.34. The van der Waals surface area contributed by atoms with Gasteiger partial charge in [0.25, 0.3) is 0 Å². The number of hydrogen-bond acceptors (Lipinski definition) is 5. The fraction of sp³-hybridized carbons (Fsp3) is 0.0476. The van der Waals surface area contributed by atoms with Crippen molar-refractivity contribution >= 4 is 33.1 Å². The molecule has 1 unspecified atom stereocenters. The molecule has 0 saturated carbocycles. The lowest BCUT2D eigenvalue weighted by Gasteiger charge is -2.12. The van der Waals surface area contributed by atoms with E-state index in [1.54, 1.807) is 31.6 Å². The van der Waals surface area contributed by atoms with E-state index in [1.807, 2.05) is 0 Å². The van der Waals surface area contributed by atoms with Crippen LogP contribution in [0.25, 0.3) is 21.7 Å². The number of nitrogens with zero attached hydrogens (tertiary/aromatic N) is 2. The van der Waals surface area contributed by atoms with Crippen LogP contribution in [0.4, 0.5) is 28.4 Å². The van der Waals surface area contributed by atoms with E-state index < -0.39 is 44.7 Å². The van der Waals surface area contributed by atoms with Crippen molar-refractivity contribution in [2.45, 2.75) is 4.90 Å². The van der Waals surface area contributed by atoms with E-state index in [-0.39, 0.29) is 11.4 Å². The van der Waals surface area contributed by atoms with E-state index in [2.05, 4.69) is 20.0 Å². The van der Waals surface area contributed by atoms with Gasteiger partial charge in [0, 0.05) is 19.4 Å². The van der Waals surface area contributed by atoms with Crippen LogP contribution in [0.5, 0.6) is 0 Å². The van der Waals surface area contributed by atoms with E-state index in [0.29, 0.717) is 15.6 Å². The van der Waals surface area contributed by atoms with Crippen LogP contribution >= 0.6 is 11.3 Å². The van der Waals surface area contributed by atoms with Crippen molar-refractivity contribution in [1.82, 2.24) is 9.97 Å². The average molecular weight is 478 g/mol. The summed E-state index contributed by atoms with van der Waals surface area (Å²) < 4.78 is 72.4. The molecule has 2 heterocycles. The van der Waals surface area contributed by atoms with Gasteiger partial charge in [-0.2, -0.15) is 0 Å². The van der Waals surface area contributed by atoms with Gasteiger partial charge in [-0.15, -0.1) is 0 Å². The van der Waals surface area contributed by atoms with Crippen molar-refractivity contribution in [3.63, 3.8) is 0 Å². The number of nitrogens with one attached hydrogen (secondary N) is 2. The topological polar surface area (TPSA) is 66.9 Å². The Bertz CT molecular complexity index is 1310. The van der Waals surface area contributed by atoms with Gasteiger partial charge in [0.15, 0.2) is 21.9 Å². The molecule has 5 nitrogen and oxygen atoms in total. The first-order valence-electron chi connectivity index (χ1n) is 9.10. The molecule has 32 heavy (non-hydrogen) atoms. The molecule has 0 aliphatic carbocycles. The summed E-state index contributed by atoms with van der Waals surface area (Å²) in [6.07, 6.45) is 3.08. The maximum absolute atomic E-state index is 15.4. The first kappa shape index (κ1) is 21.9. The molecule has 11 heteroatoms. The lowest BCUT2D eigenvalue weighted by Crippen LogP contribution is -2.09. The van der Waals surface area contributed by atoms with Gasteiger partial charge in [-0.25, -0.2) is 26.8 Å². The largest absolute Gasteiger partial charge is 0.365 e. The number of pyridine rings is 1. The molecule has 0 radical (unpaired) electrons. The maximum atomic E-state index is 15.4. The predicted octanol–water partition coefficient (Wildman–Crippen LogP) is 5.60. The first-order chi connectivity index (χ1) is 15.4. The maximum Gasteiger partial charge on any atom is 0.183 e. The Labute approximate surface area is 186 Å². The highest BCUT2D eigenvalue weighted by atomic mass is 32.2. The van der Waals surface area contributed by atoms with Crippen LogP contribution in [0.1, 0.15) is 0 Å². The summed E-state index contributed by atoms with van der Waals surface area (Å²) in [4.78, 5) is 8.23. The van der Waals surface area contributed by atoms with Crippen LogP contribution in [0.2, 0.25) is 0 Å². The van der Waals surface area contributed by atoms with Crippen LogP contribution in [-0.4, -0.2) is 21.2 Å². The van der Waals surface area contributed by atoms with Crippen molar-refractivity contribution in [2.24, 2.45) is 0 Å². The average Bonchev–Trinajstić information content (AvgIpc) is 3.22. The molecule has 0 aliphatic heterocycles. The van der Waals surface area contributed by atoms with E-state index in [9.17, 15) is 17.4 Å². The highest BCUT2D eigenvalue weighted by molar-refractivity contribution is 7.86. The Hall–Kier alpha value is -3.31. The molecular weight excluding hydrogens is 464 g/mol. The van der Waals surface area contributed by atoms with Crippen molar-refractivity contribution in [2.75, 3.05) is 17.1 Å². The highest BCUT2D eigenvalue weighted by Gasteiger charge is 2.24. The Morgan fingerprint density at radius 2 is 1.69 bits per heavy atom. The molecule has 0 fully saturated rings. The molecule has 164 valence electrons. The van der Waals surface area contributed by atoms with Crippen molar-refractivity contribution in [1.29, 1.82) is 0 Å². The van der Waals surface area contributed by atoms with Gasteiger partial charge < -0.3 is 5.32 Å². The minimum Gasteiger partial charge on any atom is -0.365 e. The Morgan fingerprint density at radius 1 is 0.969 bits per heavy atom. The molecule has 1 atom stereocenters. The first-order valence-corrected chi connectivity index (χ1v) is 11.1. The number of rotatable bonds is 6. The minimum absolute atomic E-state index is 0.0342.